The first-order valence-corrected chi connectivity index (χ1v) is 4.71. The second-order valence-electron chi connectivity index (χ2n) is 3.21. The summed E-state index contributed by atoms with van der Waals surface area (Å²) in [6, 6.07) is 2.11. The Morgan fingerprint density at radius 3 is 2.72 bits per heavy atom. The SMILES string of the molecule is NNc1nncc(-c2ncccc2C(F)(F)F)n1. The fourth-order valence-electron chi connectivity index (χ4n) is 1.32. The summed E-state index contributed by atoms with van der Waals surface area (Å²) in [7, 11) is 0. The van der Waals surface area contributed by atoms with Crippen LogP contribution in [0.2, 0.25) is 0 Å². The minimum atomic E-state index is -4.52. The molecule has 0 amide bonds. The molecule has 2 aromatic rings. The largest absolute Gasteiger partial charge is 0.418 e. The maximum atomic E-state index is 12.8. The first kappa shape index (κ1) is 12.2. The summed E-state index contributed by atoms with van der Waals surface area (Å²) in [5, 5.41) is 6.96. The predicted molar refractivity (Wildman–Crippen MR) is 55.9 cm³/mol. The summed E-state index contributed by atoms with van der Waals surface area (Å²) in [4.78, 5) is 7.44. The Morgan fingerprint density at radius 1 is 1.28 bits per heavy atom. The van der Waals surface area contributed by atoms with Gasteiger partial charge < -0.3 is 0 Å². The van der Waals surface area contributed by atoms with Crippen LogP contribution in [0.15, 0.2) is 24.5 Å². The van der Waals surface area contributed by atoms with Crippen molar-refractivity contribution in [3.8, 4) is 11.4 Å². The van der Waals surface area contributed by atoms with Gasteiger partial charge >= 0.3 is 6.18 Å². The van der Waals surface area contributed by atoms with Crippen molar-refractivity contribution in [2.75, 3.05) is 5.43 Å². The Balaban J connectivity index is 2.57. The molecule has 0 aromatic carbocycles. The van der Waals surface area contributed by atoms with Crippen molar-refractivity contribution >= 4 is 5.95 Å². The summed E-state index contributed by atoms with van der Waals surface area (Å²) < 4.78 is 38.3. The smallest absolute Gasteiger partial charge is 0.291 e. The average Bonchev–Trinajstić information content (AvgIpc) is 2.38. The van der Waals surface area contributed by atoms with Crippen LogP contribution in [0, 0.1) is 0 Å². The number of rotatable bonds is 2. The lowest BCUT2D eigenvalue weighted by atomic mass is 10.1. The number of hydrazine groups is 1. The molecule has 6 nitrogen and oxygen atoms in total. The Morgan fingerprint density at radius 2 is 2.06 bits per heavy atom. The lowest BCUT2D eigenvalue weighted by Crippen LogP contribution is -2.13. The molecule has 94 valence electrons. The van der Waals surface area contributed by atoms with Crippen LogP contribution >= 0.6 is 0 Å². The summed E-state index contributed by atoms with van der Waals surface area (Å²) in [5.41, 5.74) is 0.820. The standard InChI is InChI=1S/C9H7F3N6/c10-9(11,12)5-2-1-3-14-7(5)6-4-15-18-8(16-6)17-13/h1-4H,13H2,(H,16,17,18). The van der Waals surface area contributed by atoms with Gasteiger partial charge in [0.1, 0.15) is 11.4 Å². The number of halogens is 3. The molecule has 2 heterocycles. The zero-order valence-corrected chi connectivity index (χ0v) is 8.81. The van der Waals surface area contributed by atoms with Crippen molar-refractivity contribution in [3.05, 3.63) is 30.1 Å². The summed E-state index contributed by atoms with van der Waals surface area (Å²) in [6.45, 7) is 0. The lowest BCUT2D eigenvalue weighted by Gasteiger charge is -2.10. The molecule has 0 aliphatic rings. The van der Waals surface area contributed by atoms with Crippen LogP contribution in [-0.4, -0.2) is 20.2 Å². The number of nitrogen functional groups attached to an aromatic ring is 1. The molecule has 9 heteroatoms. The van der Waals surface area contributed by atoms with Gasteiger partial charge in [0.05, 0.1) is 11.8 Å². The van der Waals surface area contributed by atoms with E-state index in [0.29, 0.717) is 0 Å². The fraction of sp³-hybridized carbons (Fsp3) is 0.111. The van der Waals surface area contributed by atoms with Crippen LogP contribution in [0.5, 0.6) is 0 Å². The number of nitrogens with one attached hydrogen (secondary N) is 1. The third-order valence-corrected chi connectivity index (χ3v) is 2.04. The minimum Gasteiger partial charge on any atom is -0.291 e. The number of pyridine rings is 1. The molecular formula is C9H7F3N6. The molecule has 18 heavy (non-hydrogen) atoms. The number of hydrogen-bond donors (Lipinski definition) is 2. The third kappa shape index (κ3) is 2.35. The van der Waals surface area contributed by atoms with E-state index >= 15 is 0 Å². The van der Waals surface area contributed by atoms with Gasteiger partial charge in [-0.15, -0.1) is 5.10 Å². The Labute approximate surface area is 99.1 Å². The van der Waals surface area contributed by atoms with Crippen LogP contribution in [0.3, 0.4) is 0 Å². The molecule has 3 N–H and O–H groups in total. The highest BCUT2D eigenvalue weighted by atomic mass is 19.4. The lowest BCUT2D eigenvalue weighted by molar-refractivity contribution is -0.137. The molecule has 0 radical (unpaired) electrons. The van der Waals surface area contributed by atoms with Crippen molar-refractivity contribution < 1.29 is 13.2 Å². The molecule has 2 rings (SSSR count). The van der Waals surface area contributed by atoms with Crippen molar-refractivity contribution in [3.63, 3.8) is 0 Å². The Kier molecular flexibility index (Phi) is 3.06. The molecule has 0 saturated carbocycles. The number of anilines is 1. The summed E-state index contributed by atoms with van der Waals surface area (Å²) >= 11 is 0. The highest BCUT2D eigenvalue weighted by Crippen LogP contribution is 2.34. The molecule has 0 bridgehead atoms. The van der Waals surface area contributed by atoms with Gasteiger partial charge in [0.15, 0.2) is 0 Å². The van der Waals surface area contributed by atoms with E-state index in [1.54, 1.807) is 0 Å². The zero-order chi connectivity index (χ0) is 13.2. The molecule has 0 saturated heterocycles. The van der Waals surface area contributed by atoms with E-state index in [0.717, 1.165) is 12.3 Å². The van der Waals surface area contributed by atoms with Crippen LogP contribution in [-0.2, 0) is 6.18 Å². The van der Waals surface area contributed by atoms with Gasteiger partial charge in [0.25, 0.3) is 5.95 Å². The highest BCUT2D eigenvalue weighted by molar-refractivity contribution is 5.59. The van der Waals surface area contributed by atoms with E-state index in [4.69, 9.17) is 5.84 Å². The Hall–Kier alpha value is -2.29. The third-order valence-electron chi connectivity index (χ3n) is 2.04. The van der Waals surface area contributed by atoms with Gasteiger partial charge in [-0.25, -0.2) is 10.8 Å². The molecular weight excluding hydrogens is 249 g/mol. The molecule has 0 atom stereocenters. The maximum Gasteiger partial charge on any atom is 0.418 e. The van der Waals surface area contributed by atoms with E-state index in [1.165, 1.54) is 12.3 Å². The monoisotopic (exact) mass is 256 g/mol. The van der Waals surface area contributed by atoms with Crippen LogP contribution in [0.4, 0.5) is 19.1 Å². The molecule has 0 aliphatic heterocycles. The average molecular weight is 256 g/mol. The van der Waals surface area contributed by atoms with E-state index in [-0.39, 0.29) is 17.3 Å². The number of alkyl halides is 3. The number of nitrogens with two attached hydrogens (primary N) is 1. The molecule has 2 aromatic heterocycles. The molecule has 0 spiro atoms. The van der Waals surface area contributed by atoms with Crippen LogP contribution < -0.4 is 11.3 Å². The topological polar surface area (TPSA) is 89.6 Å². The second-order valence-corrected chi connectivity index (χ2v) is 3.21. The van der Waals surface area contributed by atoms with Gasteiger partial charge in [-0.05, 0) is 12.1 Å². The number of aromatic nitrogens is 4. The molecule has 0 unspecified atom stereocenters. The normalized spacial score (nSPS) is 11.3. The Bertz CT molecular complexity index is 556. The van der Waals surface area contributed by atoms with Gasteiger partial charge in [-0.3, -0.25) is 10.4 Å². The molecule has 0 fully saturated rings. The predicted octanol–water partition coefficient (Wildman–Crippen LogP) is 1.24. The van der Waals surface area contributed by atoms with Gasteiger partial charge in [-0.1, -0.05) is 0 Å². The van der Waals surface area contributed by atoms with E-state index in [1.807, 2.05) is 0 Å². The van der Waals surface area contributed by atoms with Gasteiger partial charge in [0.2, 0.25) is 0 Å². The van der Waals surface area contributed by atoms with E-state index in [2.05, 4.69) is 25.6 Å². The molecule has 0 aliphatic carbocycles. The maximum absolute atomic E-state index is 12.8. The fourth-order valence-corrected chi connectivity index (χ4v) is 1.32. The highest BCUT2D eigenvalue weighted by Gasteiger charge is 2.34. The quantitative estimate of drug-likeness (QED) is 0.620. The van der Waals surface area contributed by atoms with E-state index < -0.39 is 11.7 Å². The van der Waals surface area contributed by atoms with E-state index in [9.17, 15) is 13.2 Å². The van der Waals surface area contributed by atoms with Crippen LogP contribution in [0.1, 0.15) is 5.56 Å². The summed E-state index contributed by atoms with van der Waals surface area (Å²) in [6.07, 6.45) is -2.20. The van der Waals surface area contributed by atoms with Crippen LogP contribution in [0.25, 0.3) is 11.4 Å². The van der Waals surface area contributed by atoms with Crippen molar-refractivity contribution in [2.24, 2.45) is 5.84 Å². The van der Waals surface area contributed by atoms with Crippen molar-refractivity contribution in [1.29, 1.82) is 0 Å². The first-order chi connectivity index (χ1) is 8.52. The number of nitrogens with zero attached hydrogens (tertiary/aromatic N) is 4. The van der Waals surface area contributed by atoms with Crippen molar-refractivity contribution in [2.45, 2.75) is 6.18 Å². The van der Waals surface area contributed by atoms with Gasteiger partial charge in [-0.2, -0.15) is 18.3 Å². The number of hydrogen-bond acceptors (Lipinski definition) is 6. The minimum absolute atomic E-state index is 0.0640. The first-order valence-electron chi connectivity index (χ1n) is 4.71. The summed E-state index contributed by atoms with van der Waals surface area (Å²) in [5.74, 6) is 4.97. The van der Waals surface area contributed by atoms with Gasteiger partial charge in [0, 0.05) is 6.20 Å². The van der Waals surface area contributed by atoms with Crippen molar-refractivity contribution in [1.82, 2.24) is 20.2 Å². The second kappa shape index (κ2) is 4.53. The zero-order valence-electron chi connectivity index (χ0n) is 8.81.